The summed E-state index contributed by atoms with van der Waals surface area (Å²) in [5.74, 6) is -16.9. The summed E-state index contributed by atoms with van der Waals surface area (Å²) in [6.07, 6.45) is -7.35. The molecule has 19 heteroatoms. The topological polar surface area (TPSA) is 104 Å². The lowest BCUT2D eigenvalue weighted by Gasteiger charge is -2.42. The first-order valence-electron chi connectivity index (χ1n) is 13.3. The van der Waals surface area contributed by atoms with Gasteiger partial charge < -0.3 is 4.74 Å². The van der Waals surface area contributed by atoms with Crippen molar-refractivity contribution in [2.24, 2.45) is 0 Å². The monoisotopic (exact) mass is 758 g/mol. The van der Waals surface area contributed by atoms with Gasteiger partial charge in [0.05, 0.1) is 21.8 Å². The van der Waals surface area contributed by atoms with E-state index in [1.54, 1.807) is 0 Å². The Morgan fingerprint density at radius 1 is 0.633 bits per heavy atom. The molecule has 5 rings (SSSR count). The molecule has 0 bridgehead atoms. The molecule has 0 radical (unpaired) electrons. The molecule has 4 aromatic rings. The Kier molecular flexibility index (Phi) is 8.70. The first-order valence-corrected chi connectivity index (χ1v) is 17.7. The zero-order valence-electron chi connectivity index (χ0n) is 24.2. The molecule has 0 fully saturated rings. The van der Waals surface area contributed by atoms with Gasteiger partial charge in [0, 0.05) is 27.0 Å². The summed E-state index contributed by atoms with van der Waals surface area (Å²) in [6.45, 7) is 0. The number of hydrogen-bond donors (Lipinski definition) is 0. The molecule has 0 saturated carbocycles. The van der Waals surface area contributed by atoms with Crippen LogP contribution in [0.2, 0.25) is 0 Å². The Balaban J connectivity index is 1.89. The van der Waals surface area contributed by atoms with E-state index in [2.05, 4.69) is 0 Å². The van der Waals surface area contributed by atoms with Gasteiger partial charge in [0.15, 0.2) is 5.78 Å². The van der Waals surface area contributed by atoms with Crippen molar-refractivity contribution in [2.75, 3.05) is 7.11 Å². The molecule has 7 nitrogen and oxygen atoms in total. The number of fused-ring (bicyclic) bond motifs is 2. The fraction of sp³-hybridized carbons (Fsp3) is 0.167. The lowest BCUT2D eigenvalue weighted by molar-refractivity contribution is -0.382. The third kappa shape index (κ3) is 5.28. The van der Waals surface area contributed by atoms with Crippen molar-refractivity contribution in [3.05, 3.63) is 108 Å². The minimum Gasteiger partial charge on any atom is -0.495 e. The number of carbonyl (C=O) groups is 1. The van der Waals surface area contributed by atoms with E-state index in [1.165, 1.54) is 48.5 Å². The number of benzene rings is 4. The van der Waals surface area contributed by atoms with Crippen molar-refractivity contribution in [3.8, 4) is 5.75 Å². The summed E-state index contributed by atoms with van der Waals surface area (Å²) >= 11 is 0. The number of carbonyl (C=O) groups excluding carboxylic acids is 1. The maximum absolute atomic E-state index is 15.3. The molecular formula is C30H19F9O7S3. The van der Waals surface area contributed by atoms with Crippen LogP contribution in [0.5, 0.6) is 5.75 Å². The number of halogens is 9. The van der Waals surface area contributed by atoms with E-state index in [0.717, 1.165) is 49.6 Å². The van der Waals surface area contributed by atoms with Crippen molar-refractivity contribution in [1.82, 2.24) is 0 Å². The second-order valence-electron chi connectivity index (χ2n) is 10.2. The number of ketones is 1. The van der Waals surface area contributed by atoms with Gasteiger partial charge in [0.2, 0.25) is 9.84 Å². The van der Waals surface area contributed by atoms with Gasteiger partial charge in [0.25, 0.3) is 0 Å². The molecule has 1 aliphatic heterocycles. The first kappa shape index (κ1) is 36.2. The van der Waals surface area contributed by atoms with Gasteiger partial charge in [-0.2, -0.15) is 47.9 Å². The van der Waals surface area contributed by atoms with Crippen molar-refractivity contribution in [3.63, 3.8) is 0 Å². The van der Waals surface area contributed by atoms with Crippen LogP contribution in [-0.4, -0.2) is 53.0 Å². The third-order valence-corrected chi connectivity index (χ3v) is 14.4. The highest BCUT2D eigenvalue weighted by Crippen LogP contribution is 2.73. The maximum atomic E-state index is 15.3. The number of sulfone groups is 1. The molecule has 1 aliphatic rings. The maximum Gasteiger partial charge on any atom is 0.460 e. The Hall–Kier alpha value is -4.07. The lowest BCUT2D eigenvalue weighted by Crippen LogP contribution is -2.63. The fourth-order valence-corrected chi connectivity index (χ4v) is 11.9. The van der Waals surface area contributed by atoms with Gasteiger partial charge in [-0.25, -0.2) is 12.0 Å². The van der Waals surface area contributed by atoms with Crippen LogP contribution in [0.15, 0.2) is 122 Å². The van der Waals surface area contributed by atoms with Gasteiger partial charge in [0.1, 0.15) is 5.75 Å². The van der Waals surface area contributed by atoms with Crippen LogP contribution in [-0.2, 0) is 23.6 Å². The fourth-order valence-electron chi connectivity index (χ4n) is 4.90. The SMILES string of the molecule is COc1cc2c(cc1S(OS(=O)(=O)C(F)(F)C(F)(F)C(F)(F)C(F)(F)F)(c1ccccc1)c1ccccc1)C(=O)c1ccccc1S2(=O)=O. The Morgan fingerprint density at radius 2 is 1.12 bits per heavy atom. The lowest BCUT2D eigenvalue weighted by atomic mass is 10.0. The molecular weight excluding hydrogens is 740 g/mol. The smallest absolute Gasteiger partial charge is 0.460 e. The molecule has 1 heterocycles. The first-order chi connectivity index (χ1) is 22.6. The average Bonchev–Trinajstić information content (AvgIpc) is 3.05. The molecule has 0 aliphatic carbocycles. The third-order valence-electron chi connectivity index (χ3n) is 7.30. The van der Waals surface area contributed by atoms with E-state index in [-0.39, 0.29) is 5.56 Å². The summed E-state index contributed by atoms with van der Waals surface area (Å²) in [4.78, 5) is 10.9. The number of rotatable bonds is 9. The average molecular weight is 759 g/mol. The molecule has 0 aromatic heterocycles. The summed E-state index contributed by atoms with van der Waals surface area (Å²) in [5.41, 5.74) is -1.04. The van der Waals surface area contributed by atoms with E-state index in [0.29, 0.717) is 6.07 Å². The van der Waals surface area contributed by atoms with E-state index in [9.17, 15) is 52.4 Å². The molecule has 0 unspecified atom stereocenters. The molecule has 0 spiro atoms. The Labute approximate surface area is 273 Å². The van der Waals surface area contributed by atoms with E-state index < -0.39 is 95.1 Å². The predicted octanol–water partition coefficient (Wildman–Crippen LogP) is 8.04. The Morgan fingerprint density at radius 3 is 1.61 bits per heavy atom. The highest BCUT2D eigenvalue weighted by atomic mass is 32.3. The highest BCUT2D eigenvalue weighted by molar-refractivity contribution is 8.33. The summed E-state index contributed by atoms with van der Waals surface area (Å²) in [6, 6.07) is 17.9. The minimum atomic E-state index is -7.64. The largest absolute Gasteiger partial charge is 0.495 e. The minimum absolute atomic E-state index is 0.361. The molecule has 0 amide bonds. The highest BCUT2D eigenvalue weighted by Gasteiger charge is 2.86. The van der Waals surface area contributed by atoms with Crippen LogP contribution >= 0.6 is 10.3 Å². The van der Waals surface area contributed by atoms with E-state index in [4.69, 9.17) is 8.37 Å². The van der Waals surface area contributed by atoms with Crippen LogP contribution < -0.4 is 4.74 Å². The summed E-state index contributed by atoms with van der Waals surface area (Å²) < 4.78 is 190. The van der Waals surface area contributed by atoms with Crippen LogP contribution in [0.4, 0.5) is 39.5 Å². The van der Waals surface area contributed by atoms with Gasteiger partial charge in [-0.15, -0.1) is 0 Å². The van der Waals surface area contributed by atoms with Gasteiger partial charge in [-0.05, 0) is 52.8 Å². The second kappa shape index (κ2) is 11.8. The predicted molar refractivity (Wildman–Crippen MR) is 154 cm³/mol. The van der Waals surface area contributed by atoms with Crippen LogP contribution in [0.3, 0.4) is 0 Å². The standard InChI is InChI=1S/C30H19F9O7S3/c1-45-22-17-24-21(26(40)20-14-8-9-15-23(20)48(24,41)42)16-25(22)47(18-10-4-2-5-11-18,19-12-6-3-7-13-19)46-49(43,44)30(38,39)28(33,34)27(31,32)29(35,36)37/h2-17H,1H3. The summed E-state index contributed by atoms with van der Waals surface area (Å²) in [7, 11) is -15.8. The zero-order valence-corrected chi connectivity index (χ0v) is 26.7. The van der Waals surface area contributed by atoms with Crippen LogP contribution in [0.25, 0.3) is 0 Å². The van der Waals surface area contributed by atoms with Crippen LogP contribution in [0.1, 0.15) is 15.9 Å². The summed E-state index contributed by atoms with van der Waals surface area (Å²) in [5, 5.41) is -7.26. The normalized spacial score (nSPS) is 15.7. The van der Waals surface area contributed by atoms with Gasteiger partial charge >= 0.3 is 33.4 Å². The van der Waals surface area contributed by atoms with Crippen molar-refractivity contribution in [1.29, 1.82) is 0 Å². The molecule has 0 atom stereocenters. The van der Waals surface area contributed by atoms with Crippen molar-refractivity contribution < 1.29 is 69.5 Å². The van der Waals surface area contributed by atoms with E-state index >= 15 is 8.78 Å². The second-order valence-corrected chi connectivity index (χ2v) is 16.5. The van der Waals surface area contributed by atoms with Gasteiger partial charge in [-0.1, -0.05) is 48.5 Å². The van der Waals surface area contributed by atoms with Crippen molar-refractivity contribution >= 4 is 36.0 Å². The molecule has 49 heavy (non-hydrogen) atoms. The van der Waals surface area contributed by atoms with Gasteiger partial charge in [-0.3, -0.25) is 4.79 Å². The zero-order chi connectivity index (χ0) is 36.4. The molecule has 4 aromatic carbocycles. The number of ether oxygens (including phenoxy) is 1. The van der Waals surface area contributed by atoms with Crippen molar-refractivity contribution in [2.45, 2.75) is 47.8 Å². The quantitative estimate of drug-likeness (QED) is 0.140. The van der Waals surface area contributed by atoms with Crippen LogP contribution in [0, 0.1) is 0 Å². The van der Waals surface area contributed by atoms with E-state index in [1.807, 2.05) is 0 Å². The Bertz CT molecular complexity index is 2120. The number of hydrogen-bond acceptors (Lipinski definition) is 7. The molecule has 262 valence electrons. The molecule has 0 saturated heterocycles. The molecule has 0 N–H and O–H groups in total. The number of alkyl halides is 9. The number of methoxy groups -OCH3 is 1.